The molecule has 0 aliphatic heterocycles. The number of rotatable bonds is 11. The van der Waals surface area contributed by atoms with E-state index in [2.05, 4.69) is 5.32 Å². The summed E-state index contributed by atoms with van der Waals surface area (Å²) in [4.78, 5) is 0. The van der Waals surface area contributed by atoms with Gasteiger partial charge in [-0.15, -0.1) is 11.6 Å². The molecule has 0 rings (SSSR count). The number of nitrogens with zero attached hydrogens (tertiary/aromatic N) is 1. The number of hydrogen-bond acceptors (Lipinski definition) is 3. The van der Waals surface area contributed by atoms with Crippen LogP contribution in [-0.2, 0) is 14.6 Å². The fraction of sp³-hybridized carbons (Fsp3) is 1.00. The van der Waals surface area contributed by atoms with Gasteiger partial charge in [0.05, 0.1) is 18.1 Å². The maximum atomic E-state index is 11.3. The Morgan fingerprint density at radius 1 is 1.19 bits per heavy atom. The molecule has 97 valence electrons. The minimum atomic E-state index is -2.93. The van der Waals surface area contributed by atoms with Crippen molar-refractivity contribution in [3.8, 4) is 0 Å². The van der Waals surface area contributed by atoms with E-state index in [1.54, 1.807) is 0 Å². The zero-order chi connectivity index (χ0) is 12.3. The van der Waals surface area contributed by atoms with Crippen LogP contribution in [0.1, 0.15) is 19.8 Å². The van der Waals surface area contributed by atoms with E-state index in [0.29, 0.717) is 32.7 Å². The molecule has 0 heterocycles. The second-order valence-electron chi connectivity index (χ2n) is 3.42. The van der Waals surface area contributed by atoms with E-state index >= 15 is 0 Å². The van der Waals surface area contributed by atoms with Crippen LogP contribution in [0.4, 0.5) is 0 Å². The molecule has 0 saturated heterocycles. The summed E-state index contributed by atoms with van der Waals surface area (Å²) in [6, 6.07) is 0. The Morgan fingerprint density at radius 3 is 2.56 bits per heavy atom. The quantitative estimate of drug-likeness (QED) is 0.417. The lowest BCUT2D eigenvalue weighted by atomic mass is 10.3. The van der Waals surface area contributed by atoms with Crippen LogP contribution >= 0.6 is 11.6 Å². The molecule has 16 heavy (non-hydrogen) atoms. The van der Waals surface area contributed by atoms with Crippen molar-refractivity contribution in [3.63, 3.8) is 0 Å². The van der Waals surface area contributed by atoms with Crippen LogP contribution in [0.25, 0.3) is 0 Å². The Hall–Kier alpha value is 0.160. The van der Waals surface area contributed by atoms with Crippen molar-refractivity contribution in [2.75, 3.05) is 43.7 Å². The standard InChI is InChI=1S/C10H21ClNO3S/c1-2-15-8-7-12-6-3-4-9-16(13,14)10-5-11/h2-10H2,1H3. The normalized spacial score (nSPS) is 11.9. The van der Waals surface area contributed by atoms with Gasteiger partial charge in [0.2, 0.25) is 0 Å². The molecule has 0 spiro atoms. The van der Waals surface area contributed by atoms with Crippen LogP contribution in [0.2, 0.25) is 0 Å². The molecule has 0 aromatic carbocycles. The molecule has 0 amide bonds. The lowest BCUT2D eigenvalue weighted by molar-refractivity contribution is 0.148. The van der Waals surface area contributed by atoms with Crippen molar-refractivity contribution in [2.45, 2.75) is 19.8 Å². The molecule has 0 aromatic heterocycles. The Bertz CT molecular complexity index is 244. The van der Waals surface area contributed by atoms with Crippen molar-refractivity contribution in [1.82, 2.24) is 5.32 Å². The van der Waals surface area contributed by atoms with Crippen LogP contribution in [0.3, 0.4) is 0 Å². The average molecular weight is 271 g/mol. The van der Waals surface area contributed by atoms with Crippen molar-refractivity contribution in [1.29, 1.82) is 0 Å². The lowest BCUT2D eigenvalue weighted by Gasteiger charge is -2.03. The van der Waals surface area contributed by atoms with Crippen LogP contribution < -0.4 is 5.32 Å². The molecule has 0 bridgehead atoms. The summed E-state index contributed by atoms with van der Waals surface area (Å²) >= 11 is 5.39. The summed E-state index contributed by atoms with van der Waals surface area (Å²) in [6.07, 6.45) is 1.48. The second-order valence-corrected chi connectivity index (χ2v) is 6.10. The Morgan fingerprint density at radius 2 is 1.94 bits per heavy atom. The van der Waals surface area contributed by atoms with Gasteiger partial charge in [-0.1, -0.05) is 0 Å². The lowest BCUT2D eigenvalue weighted by Crippen LogP contribution is -2.16. The molecule has 0 aliphatic carbocycles. The maximum Gasteiger partial charge on any atom is 0.151 e. The van der Waals surface area contributed by atoms with E-state index < -0.39 is 9.84 Å². The summed E-state index contributed by atoms with van der Waals surface area (Å²) in [6.45, 7) is 4.72. The van der Waals surface area contributed by atoms with Gasteiger partial charge in [-0.25, -0.2) is 13.7 Å². The molecule has 0 N–H and O–H groups in total. The first-order valence-electron chi connectivity index (χ1n) is 5.59. The Labute approximate surface area is 104 Å². The first-order valence-corrected chi connectivity index (χ1v) is 7.95. The molecule has 6 heteroatoms. The minimum absolute atomic E-state index is 0.0794. The van der Waals surface area contributed by atoms with Crippen LogP contribution in [-0.4, -0.2) is 52.1 Å². The summed E-state index contributed by atoms with van der Waals surface area (Å²) in [7, 11) is -2.93. The molecule has 0 saturated carbocycles. The van der Waals surface area contributed by atoms with E-state index in [1.165, 1.54) is 0 Å². The molecule has 4 nitrogen and oxygen atoms in total. The highest BCUT2D eigenvalue weighted by atomic mass is 35.5. The highest BCUT2D eigenvalue weighted by molar-refractivity contribution is 7.91. The molecule has 0 aromatic rings. The number of hydrogen-bond donors (Lipinski definition) is 0. The van der Waals surface area contributed by atoms with Crippen LogP contribution in [0.15, 0.2) is 0 Å². The van der Waals surface area contributed by atoms with Crippen molar-refractivity contribution < 1.29 is 13.2 Å². The topological polar surface area (TPSA) is 57.5 Å². The number of sulfone groups is 1. The number of alkyl halides is 1. The van der Waals surface area contributed by atoms with Gasteiger partial charge in [-0.05, 0) is 19.8 Å². The third-order valence-electron chi connectivity index (χ3n) is 2.01. The summed E-state index contributed by atoms with van der Waals surface area (Å²) in [5, 5.41) is 4.23. The third-order valence-corrected chi connectivity index (χ3v) is 4.16. The monoisotopic (exact) mass is 270 g/mol. The molecular formula is C10H21ClNO3S. The Balaban J connectivity index is 3.27. The van der Waals surface area contributed by atoms with Gasteiger partial charge in [0.1, 0.15) is 0 Å². The van der Waals surface area contributed by atoms with Crippen molar-refractivity contribution in [3.05, 3.63) is 0 Å². The molecule has 0 unspecified atom stereocenters. The minimum Gasteiger partial charge on any atom is -0.380 e. The van der Waals surface area contributed by atoms with Gasteiger partial charge in [-0.2, -0.15) is 0 Å². The zero-order valence-electron chi connectivity index (χ0n) is 9.82. The van der Waals surface area contributed by atoms with Gasteiger partial charge in [0.15, 0.2) is 9.84 Å². The smallest absolute Gasteiger partial charge is 0.151 e. The first-order chi connectivity index (χ1) is 7.62. The van der Waals surface area contributed by atoms with Gasteiger partial charge in [0.25, 0.3) is 0 Å². The molecule has 0 fully saturated rings. The van der Waals surface area contributed by atoms with Gasteiger partial charge >= 0.3 is 0 Å². The fourth-order valence-corrected chi connectivity index (χ4v) is 2.94. The Kier molecular flexibility index (Phi) is 10.4. The first kappa shape index (κ1) is 16.2. The maximum absolute atomic E-state index is 11.3. The number of ether oxygens (including phenoxy) is 1. The predicted molar refractivity (Wildman–Crippen MR) is 67.0 cm³/mol. The van der Waals surface area contributed by atoms with Crippen molar-refractivity contribution >= 4 is 21.4 Å². The highest BCUT2D eigenvalue weighted by Gasteiger charge is 2.08. The van der Waals surface area contributed by atoms with Gasteiger partial charge < -0.3 is 4.74 Å². The van der Waals surface area contributed by atoms with E-state index in [-0.39, 0.29) is 17.4 Å². The van der Waals surface area contributed by atoms with Crippen molar-refractivity contribution in [2.24, 2.45) is 0 Å². The number of halogens is 1. The second kappa shape index (κ2) is 10.3. The van der Waals surface area contributed by atoms with E-state index in [4.69, 9.17) is 16.3 Å². The molecular weight excluding hydrogens is 250 g/mol. The predicted octanol–water partition coefficient (Wildman–Crippen LogP) is 1.06. The highest BCUT2D eigenvalue weighted by Crippen LogP contribution is 1.98. The molecule has 0 atom stereocenters. The summed E-state index contributed by atoms with van der Waals surface area (Å²) < 4.78 is 27.7. The zero-order valence-corrected chi connectivity index (χ0v) is 11.4. The largest absolute Gasteiger partial charge is 0.380 e. The fourth-order valence-electron chi connectivity index (χ4n) is 1.15. The van der Waals surface area contributed by atoms with E-state index in [9.17, 15) is 8.42 Å². The van der Waals surface area contributed by atoms with Gasteiger partial charge in [-0.3, -0.25) is 0 Å². The van der Waals surface area contributed by atoms with E-state index in [1.807, 2.05) is 6.92 Å². The van der Waals surface area contributed by atoms with Crippen LogP contribution in [0, 0.1) is 0 Å². The SMILES string of the molecule is CCOCC[N]CCCCS(=O)(=O)CCCl. The molecule has 1 radical (unpaired) electrons. The average Bonchev–Trinajstić information content (AvgIpc) is 2.22. The van der Waals surface area contributed by atoms with Gasteiger partial charge in [0, 0.05) is 25.6 Å². The third kappa shape index (κ3) is 10.7. The number of unbranched alkanes of at least 4 members (excludes halogenated alkanes) is 1. The molecule has 0 aliphatic rings. The van der Waals surface area contributed by atoms with Crippen LogP contribution in [0.5, 0.6) is 0 Å². The van der Waals surface area contributed by atoms with E-state index in [0.717, 1.165) is 6.42 Å². The summed E-state index contributed by atoms with van der Waals surface area (Å²) in [5.41, 5.74) is 0. The summed E-state index contributed by atoms with van der Waals surface area (Å²) in [5.74, 6) is 0.484.